The van der Waals surface area contributed by atoms with Crippen molar-refractivity contribution in [1.29, 1.82) is 0 Å². The van der Waals surface area contributed by atoms with E-state index >= 15 is 0 Å². The molecule has 0 aliphatic carbocycles. The molecule has 4 aromatic carbocycles. The van der Waals surface area contributed by atoms with Gasteiger partial charge < -0.3 is 15.0 Å². The minimum atomic E-state index is -3.75. The number of carbonyl (C=O) groups excluding carboxylic acids is 2. The van der Waals surface area contributed by atoms with Crippen LogP contribution in [0.25, 0.3) is 10.8 Å². The molecule has 1 atom stereocenters. The van der Waals surface area contributed by atoms with Crippen LogP contribution in [0.3, 0.4) is 0 Å². The zero-order valence-electron chi connectivity index (χ0n) is 22.7. The molecular weight excluding hydrogens is 538 g/mol. The predicted octanol–water partition coefficient (Wildman–Crippen LogP) is 5.09. The van der Waals surface area contributed by atoms with Gasteiger partial charge in [0.2, 0.25) is 15.9 Å². The number of hydrogen-bond donors (Lipinski definition) is 1. The summed E-state index contributed by atoms with van der Waals surface area (Å²) in [5.74, 6) is -0.143. The molecule has 9 heteroatoms. The van der Waals surface area contributed by atoms with Crippen LogP contribution in [0.5, 0.6) is 5.75 Å². The molecule has 1 saturated heterocycles. The zero-order chi connectivity index (χ0) is 28.6. The summed E-state index contributed by atoms with van der Waals surface area (Å²) in [4.78, 5) is 28.5. The Morgan fingerprint density at radius 2 is 1.68 bits per heavy atom. The lowest BCUT2D eigenvalue weighted by molar-refractivity contribution is -0.120. The van der Waals surface area contributed by atoms with Crippen LogP contribution >= 0.6 is 0 Å². The molecule has 210 valence electrons. The van der Waals surface area contributed by atoms with Gasteiger partial charge in [0, 0.05) is 36.6 Å². The number of fused-ring (bicyclic) bond motifs is 2. The van der Waals surface area contributed by atoms with Crippen molar-refractivity contribution in [2.45, 2.75) is 24.2 Å². The average Bonchev–Trinajstić information content (AvgIpc) is 3.44. The highest BCUT2D eigenvalue weighted by molar-refractivity contribution is 7.89. The first-order valence-electron chi connectivity index (χ1n) is 13.7. The number of nitrogens with one attached hydrogen (secondary N) is 1. The second-order valence-corrected chi connectivity index (χ2v) is 12.4. The number of ether oxygens (including phenoxy) is 1. The van der Waals surface area contributed by atoms with Gasteiger partial charge in [-0.1, -0.05) is 36.4 Å². The Bertz CT molecular complexity index is 1740. The Kier molecular flexibility index (Phi) is 7.23. The minimum Gasteiger partial charge on any atom is -0.497 e. The van der Waals surface area contributed by atoms with Gasteiger partial charge in [0.05, 0.1) is 17.9 Å². The number of sulfonamides is 1. The van der Waals surface area contributed by atoms with Gasteiger partial charge in [-0.3, -0.25) is 9.59 Å². The lowest BCUT2D eigenvalue weighted by Gasteiger charge is -2.31. The van der Waals surface area contributed by atoms with Crippen molar-refractivity contribution >= 4 is 44.0 Å². The van der Waals surface area contributed by atoms with Crippen LogP contribution < -0.4 is 15.0 Å². The monoisotopic (exact) mass is 569 g/mol. The van der Waals surface area contributed by atoms with Crippen molar-refractivity contribution in [3.05, 3.63) is 96.1 Å². The molecule has 2 aliphatic heterocycles. The normalized spacial score (nSPS) is 17.3. The molecule has 4 aromatic rings. The molecule has 6 rings (SSSR count). The van der Waals surface area contributed by atoms with E-state index in [1.165, 1.54) is 4.31 Å². The third-order valence-electron chi connectivity index (χ3n) is 7.94. The van der Waals surface area contributed by atoms with Crippen molar-refractivity contribution in [3.63, 3.8) is 0 Å². The summed E-state index contributed by atoms with van der Waals surface area (Å²) >= 11 is 0. The third-order valence-corrected chi connectivity index (χ3v) is 9.81. The molecule has 0 saturated carbocycles. The van der Waals surface area contributed by atoms with Crippen LogP contribution in [0, 0.1) is 5.92 Å². The van der Waals surface area contributed by atoms with E-state index in [4.69, 9.17) is 4.74 Å². The number of amides is 2. The van der Waals surface area contributed by atoms with Gasteiger partial charge in [0.15, 0.2) is 0 Å². The predicted molar refractivity (Wildman–Crippen MR) is 159 cm³/mol. The second-order valence-electron chi connectivity index (χ2n) is 10.5. The molecule has 0 bridgehead atoms. The highest BCUT2D eigenvalue weighted by Gasteiger charge is 2.34. The van der Waals surface area contributed by atoms with Gasteiger partial charge in [-0.2, -0.15) is 4.31 Å². The molecule has 2 heterocycles. The van der Waals surface area contributed by atoms with Crippen LogP contribution in [-0.2, 0) is 21.2 Å². The molecular formula is C32H31N3O5S. The Morgan fingerprint density at radius 3 is 2.46 bits per heavy atom. The third kappa shape index (κ3) is 5.30. The number of rotatable bonds is 6. The zero-order valence-corrected chi connectivity index (χ0v) is 23.6. The number of anilines is 2. The number of hydrogen-bond acceptors (Lipinski definition) is 5. The summed E-state index contributed by atoms with van der Waals surface area (Å²) in [6.45, 7) is 1.05. The fraction of sp³-hybridized carbons (Fsp3) is 0.250. The molecule has 8 nitrogen and oxygen atoms in total. The number of carbonyl (C=O) groups is 2. The number of methoxy groups -OCH3 is 1. The van der Waals surface area contributed by atoms with E-state index in [-0.39, 0.29) is 23.3 Å². The summed E-state index contributed by atoms with van der Waals surface area (Å²) in [6, 6.07) is 25.4. The maximum absolute atomic E-state index is 13.5. The van der Waals surface area contributed by atoms with Crippen LogP contribution in [0.4, 0.5) is 11.4 Å². The van der Waals surface area contributed by atoms with Gasteiger partial charge in [-0.05, 0) is 84.1 Å². The highest BCUT2D eigenvalue weighted by atomic mass is 32.2. The number of benzene rings is 4. The van der Waals surface area contributed by atoms with Crippen molar-refractivity contribution < 1.29 is 22.7 Å². The summed E-state index contributed by atoms with van der Waals surface area (Å²) in [5, 5.41) is 4.81. The van der Waals surface area contributed by atoms with Gasteiger partial charge in [0.1, 0.15) is 5.75 Å². The first-order valence-corrected chi connectivity index (χ1v) is 15.2. The minimum absolute atomic E-state index is 0.114. The maximum Gasteiger partial charge on any atom is 0.258 e. The van der Waals surface area contributed by atoms with E-state index in [1.54, 1.807) is 48.4 Å². The quantitative estimate of drug-likeness (QED) is 0.349. The summed E-state index contributed by atoms with van der Waals surface area (Å²) in [7, 11) is -2.17. The topological polar surface area (TPSA) is 96.0 Å². The van der Waals surface area contributed by atoms with E-state index in [0.717, 1.165) is 28.4 Å². The van der Waals surface area contributed by atoms with Crippen LogP contribution in [0.15, 0.2) is 89.8 Å². The Morgan fingerprint density at radius 1 is 0.902 bits per heavy atom. The molecule has 0 aromatic heterocycles. The van der Waals surface area contributed by atoms with Crippen molar-refractivity contribution in [1.82, 2.24) is 4.31 Å². The van der Waals surface area contributed by atoms with Crippen molar-refractivity contribution in [3.8, 4) is 5.75 Å². The standard InChI is InChI=1S/C32H31N3O5S/c1-40-28-13-9-24(10-14-28)32(37)35-18-16-23-8-12-27(20-30(23)35)33-31(36)26-7-4-17-34(21-26)41(38,39)29-15-11-22-5-2-3-6-25(22)19-29/h2-3,5-6,8-15,19-20,26H,4,7,16-18,21H2,1H3,(H,33,36)/t26-/m0/s1. The van der Waals surface area contributed by atoms with Crippen molar-refractivity contribution in [2.24, 2.45) is 5.92 Å². The van der Waals surface area contributed by atoms with Crippen LogP contribution in [0.2, 0.25) is 0 Å². The fourth-order valence-electron chi connectivity index (χ4n) is 5.65. The molecule has 2 aliphatic rings. The second kappa shape index (κ2) is 11.0. The largest absolute Gasteiger partial charge is 0.497 e. The van der Waals surface area contributed by atoms with E-state index in [9.17, 15) is 18.0 Å². The molecule has 0 spiro atoms. The Hall–Kier alpha value is -4.21. The maximum atomic E-state index is 13.5. The molecule has 1 N–H and O–H groups in total. The molecule has 2 amide bonds. The summed E-state index contributed by atoms with van der Waals surface area (Å²) in [6.07, 6.45) is 1.93. The Labute approximate surface area is 239 Å². The molecule has 41 heavy (non-hydrogen) atoms. The summed E-state index contributed by atoms with van der Waals surface area (Å²) < 4.78 is 33.6. The van der Waals surface area contributed by atoms with E-state index in [1.807, 2.05) is 48.5 Å². The van der Waals surface area contributed by atoms with Gasteiger partial charge in [-0.15, -0.1) is 0 Å². The first-order chi connectivity index (χ1) is 19.8. The summed E-state index contributed by atoms with van der Waals surface area (Å²) in [5.41, 5.74) is 2.95. The van der Waals surface area contributed by atoms with E-state index in [0.29, 0.717) is 42.9 Å². The Balaban J connectivity index is 1.16. The lowest BCUT2D eigenvalue weighted by atomic mass is 9.98. The first kappa shape index (κ1) is 27.0. The average molecular weight is 570 g/mol. The number of piperidine rings is 1. The highest BCUT2D eigenvalue weighted by Crippen LogP contribution is 2.33. The van der Waals surface area contributed by atoms with Crippen molar-refractivity contribution in [2.75, 3.05) is 37.0 Å². The van der Waals surface area contributed by atoms with Gasteiger partial charge in [-0.25, -0.2) is 8.42 Å². The fourth-order valence-corrected chi connectivity index (χ4v) is 7.21. The van der Waals surface area contributed by atoms with E-state index in [2.05, 4.69) is 5.32 Å². The van der Waals surface area contributed by atoms with Gasteiger partial charge in [0.25, 0.3) is 5.91 Å². The van der Waals surface area contributed by atoms with Crippen LogP contribution in [0.1, 0.15) is 28.8 Å². The molecule has 1 fully saturated rings. The SMILES string of the molecule is COc1ccc(C(=O)N2CCc3ccc(NC(=O)[C@H]4CCCN(S(=O)(=O)c5ccc6ccccc6c5)C4)cc32)cc1. The molecule has 0 unspecified atom stereocenters. The van der Waals surface area contributed by atoms with E-state index < -0.39 is 15.9 Å². The van der Waals surface area contributed by atoms with Gasteiger partial charge >= 0.3 is 0 Å². The number of nitrogens with zero attached hydrogens (tertiary/aromatic N) is 2. The lowest BCUT2D eigenvalue weighted by Crippen LogP contribution is -2.43. The smallest absolute Gasteiger partial charge is 0.258 e. The molecule has 0 radical (unpaired) electrons. The van der Waals surface area contributed by atoms with Crippen LogP contribution in [-0.4, -0.2) is 51.3 Å².